The molecule has 3 aromatic rings. The van der Waals surface area contributed by atoms with Crippen LogP contribution in [0.1, 0.15) is 20.7 Å². The maximum Gasteiger partial charge on any atom is 2.00 e. The molecule has 10 N–H and O–H groups in total. The van der Waals surface area contributed by atoms with Gasteiger partial charge in [-0.05, 0) is 59.0 Å². The number of fused-ring (bicyclic) bond motifs is 3. The quantitative estimate of drug-likeness (QED) is 0.424. The molecule has 38 heavy (non-hydrogen) atoms. The minimum Gasteiger partial charge on any atom is -0.665 e. The van der Waals surface area contributed by atoms with Crippen molar-refractivity contribution >= 4 is 35.5 Å². The third kappa shape index (κ3) is 8.90. The number of carboxylic acid groups (broad SMARTS) is 2. The van der Waals surface area contributed by atoms with Gasteiger partial charge in [0.25, 0.3) is 0 Å². The summed E-state index contributed by atoms with van der Waals surface area (Å²) in [6.45, 7) is 0. The van der Waals surface area contributed by atoms with E-state index in [2.05, 4.69) is 34.9 Å². The molecule has 0 aromatic heterocycles. The van der Waals surface area contributed by atoms with Crippen LogP contribution in [0.5, 0.6) is 11.5 Å². The third-order valence-corrected chi connectivity index (χ3v) is 4.78. The van der Waals surface area contributed by atoms with E-state index in [1.807, 2.05) is 12.2 Å². The van der Waals surface area contributed by atoms with E-state index >= 15 is 0 Å². The molecule has 2 heterocycles. The van der Waals surface area contributed by atoms with E-state index in [1.54, 1.807) is 12.4 Å². The first-order chi connectivity index (χ1) is 16.0. The van der Waals surface area contributed by atoms with Gasteiger partial charge in [0, 0.05) is 16.8 Å². The van der Waals surface area contributed by atoms with Crippen LogP contribution in [0.2, 0.25) is 0 Å². The number of hydrogen-bond donors (Lipinski definition) is 2. The summed E-state index contributed by atoms with van der Waals surface area (Å²) in [7, 11) is 0. The van der Waals surface area contributed by atoms with Gasteiger partial charge in [-0.15, -0.1) is 11.4 Å². The fourth-order valence-electron chi connectivity index (χ4n) is 3.15. The normalized spacial score (nSPS) is 10.6. The molecule has 0 aliphatic carbocycles. The van der Waals surface area contributed by atoms with Crippen molar-refractivity contribution in [3.63, 3.8) is 0 Å². The monoisotopic (exact) mass is 612 g/mol. The van der Waals surface area contributed by atoms with Gasteiger partial charge in [0.1, 0.15) is 11.5 Å². The molecule has 0 unspecified atom stereocenters. The van der Waals surface area contributed by atoms with E-state index in [-0.39, 0.29) is 61.1 Å². The van der Waals surface area contributed by atoms with Crippen LogP contribution < -0.4 is 15.2 Å². The van der Waals surface area contributed by atoms with Crippen molar-refractivity contribution in [2.24, 2.45) is 0 Å². The van der Waals surface area contributed by atoms with Crippen molar-refractivity contribution in [1.82, 2.24) is 0 Å². The Balaban J connectivity index is 0. The molecule has 10 nitrogen and oxygen atoms in total. The molecule has 2 aliphatic rings. The van der Waals surface area contributed by atoms with Gasteiger partial charge in [-0.3, -0.25) is 0 Å². The zero-order chi connectivity index (χ0) is 23.2. The molecule has 0 atom stereocenters. The number of carbonyl (C=O) groups is 2. The van der Waals surface area contributed by atoms with Gasteiger partial charge in [-0.2, -0.15) is 12.4 Å². The molecule has 5 rings (SSSR count). The second kappa shape index (κ2) is 16.8. The summed E-state index contributed by atoms with van der Waals surface area (Å²) in [5.74, 6) is -1.05. The average Bonchev–Trinajstić information content (AvgIpc) is 2.85. The summed E-state index contributed by atoms with van der Waals surface area (Å²) in [6, 6.07) is 16.0. The van der Waals surface area contributed by atoms with Crippen molar-refractivity contribution in [2.45, 2.75) is 0 Å². The molecule has 0 bridgehead atoms. The first kappa shape index (κ1) is 36.3. The molecule has 12 heteroatoms. The number of nitrogens with zero attached hydrogens (tertiary/aromatic N) is 2. The predicted octanol–water partition coefficient (Wildman–Crippen LogP) is 2.51. The smallest absolute Gasteiger partial charge is 0.665 e. The molecule has 3 aromatic carbocycles. The van der Waals surface area contributed by atoms with E-state index in [1.165, 1.54) is 48.5 Å². The summed E-state index contributed by atoms with van der Waals surface area (Å²) >= 11 is 0. The average molecular weight is 612 g/mol. The fourth-order valence-corrected chi connectivity index (χ4v) is 3.15. The minimum absolute atomic E-state index is 0. The Labute approximate surface area is 238 Å². The fraction of sp³-hybridized carbons (Fsp3) is 0. The standard InChI is InChI=1S/C14H10O5.C12H8N2.2Co.3H2O/c15-13(16)9-1-5-11(6-2-9)19-12-7-3-10(4-8-12)14(17)18;1-3-9-5-6-10-4-2-8-14-12(10)11(9)13-7-1;;;;;/h1-8H,(H,15,16)(H,17,18);1-8H;;;3*1H2/q;-2;;+2;;;/p+2. The predicted molar refractivity (Wildman–Crippen MR) is 139 cm³/mol. The third-order valence-electron chi connectivity index (χ3n) is 4.78. The van der Waals surface area contributed by atoms with Crippen molar-refractivity contribution in [3.8, 4) is 11.5 Å². The Kier molecular flexibility index (Phi) is 16.0. The Morgan fingerprint density at radius 1 is 0.632 bits per heavy atom. The molecule has 204 valence electrons. The van der Waals surface area contributed by atoms with Crippen LogP contribution in [0, 0.1) is 0 Å². The minimum atomic E-state index is -1.00. The maximum absolute atomic E-state index is 10.7. The Morgan fingerprint density at radius 3 is 1.29 bits per heavy atom. The molecule has 0 saturated heterocycles. The Bertz CT molecular complexity index is 1280. The van der Waals surface area contributed by atoms with E-state index in [0.29, 0.717) is 11.5 Å². The Morgan fingerprint density at radius 2 is 0.974 bits per heavy atom. The molecule has 2 radical (unpaired) electrons. The van der Waals surface area contributed by atoms with Gasteiger partial charge in [-0.1, -0.05) is 36.4 Å². The van der Waals surface area contributed by atoms with E-state index in [9.17, 15) is 9.59 Å². The van der Waals surface area contributed by atoms with Gasteiger partial charge >= 0.3 is 28.7 Å². The first-order valence-electron chi connectivity index (χ1n) is 9.94. The van der Waals surface area contributed by atoms with Gasteiger partial charge in [0.05, 0.1) is 11.1 Å². The number of ether oxygens (including phenoxy) is 1. The van der Waals surface area contributed by atoms with Crippen LogP contribution in [0.25, 0.3) is 22.8 Å². The summed E-state index contributed by atoms with van der Waals surface area (Å²) in [6.07, 6.45) is 11.6. The summed E-state index contributed by atoms with van der Waals surface area (Å²) in [4.78, 5) is 21.4. The van der Waals surface area contributed by atoms with E-state index in [4.69, 9.17) is 14.9 Å². The second-order valence-electron chi connectivity index (χ2n) is 6.98. The zero-order valence-corrected chi connectivity index (χ0v) is 21.7. The number of aromatic carboxylic acids is 2. The summed E-state index contributed by atoms with van der Waals surface area (Å²) in [5, 5.41) is 28.5. The number of allylic oxidation sites excluding steroid dienone is 2. The molecule has 0 fully saturated rings. The number of rotatable bonds is 4. The zero-order valence-electron chi connectivity index (χ0n) is 19.6. The number of carboxylic acids is 2. The largest absolute Gasteiger partial charge is 2.00 e. The molecule has 0 spiro atoms. The van der Waals surface area contributed by atoms with E-state index in [0.717, 1.165) is 21.8 Å². The van der Waals surface area contributed by atoms with Crippen molar-refractivity contribution in [2.75, 3.05) is 0 Å². The maximum atomic E-state index is 10.7. The molecular weight excluding hydrogens is 586 g/mol. The summed E-state index contributed by atoms with van der Waals surface area (Å²) < 4.78 is 5.46. The molecule has 0 saturated carbocycles. The van der Waals surface area contributed by atoms with Gasteiger partial charge < -0.3 is 42.0 Å². The van der Waals surface area contributed by atoms with Crippen LogP contribution in [-0.2, 0) is 44.5 Å². The first-order valence-corrected chi connectivity index (χ1v) is 9.94. The second-order valence-corrected chi connectivity index (χ2v) is 6.98. The van der Waals surface area contributed by atoms with Crippen molar-refractivity contribution in [3.05, 3.63) is 117 Å². The van der Waals surface area contributed by atoms with Crippen LogP contribution in [0.15, 0.2) is 85.2 Å². The van der Waals surface area contributed by atoms with Crippen LogP contribution in [0.4, 0.5) is 11.4 Å². The van der Waals surface area contributed by atoms with Crippen LogP contribution >= 0.6 is 0 Å². The van der Waals surface area contributed by atoms with Gasteiger partial charge in [-0.25, -0.2) is 9.59 Å². The number of hydrogen-bond acceptors (Lipinski definition) is 3. The summed E-state index contributed by atoms with van der Waals surface area (Å²) in [5.41, 5.74) is 2.30. The SMILES string of the molecule is C1=C[N-]c2c3c(ccc2=C1)=CC=C[N-]3.O.O=C(O)c1ccc(Oc2ccc(C(=O)O)cc2)cc1.[Co+2].[Co].[OH3+].[OH3+]. The van der Waals surface area contributed by atoms with Gasteiger partial charge in [0.2, 0.25) is 0 Å². The van der Waals surface area contributed by atoms with Crippen molar-refractivity contribution < 1.29 is 74.5 Å². The van der Waals surface area contributed by atoms with Crippen LogP contribution in [-0.4, -0.2) is 27.6 Å². The van der Waals surface area contributed by atoms with Gasteiger partial charge in [0.15, 0.2) is 0 Å². The molecule has 2 aliphatic heterocycles. The molecular formula is C26H26Co2N2O8+2. The Hall–Kier alpha value is -3.89. The van der Waals surface area contributed by atoms with Crippen LogP contribution in [0.3, 0.4) is 0 Å². The number of benzene rings is 3. The van der Waals surface area contributed by atoms with Crippen molar-refractivity contribution in [1.29, 1.82) is 0 Å². The van der Waals surface area contributed by atoms with E-state index < -0.39 is 11.9 Å². The molecule has 0 amide bonds. The topological polar surface area (TPSA) is 210 Å².